The van der Waals surface area contributed by atoms with E-state index in [-0.39, 0.29) is 27.2 Å². The fraction of sp³-hybridized carbons (Fsp3) is 0.174. The van der Waals surface area contributed by atoms with Gasteiger partial charge in [-0.2, -0.15) is 0 Å². The smallest absolute Gasteiger partial charge is 0.264 e. The zero-order valence-corrected chi connectivity index (χ0v) is 19.8. The van der Waals surface area contributed by atoms with Gasteiger partial charge in [0.15, 0.2) is 0 Å². The van der Waals surface area contributed by atoms with Gasteiger partial charge in [-0.3, -0.25) is 9.10 Å². The number of ether oxygens (including phenoxy) is 1. The van der Waals surface area contributed by atoms with Gasteiger partial charge < -0.3 is 10.1 Å². The van der Waals surface area contributed by atoms with Crippen molar-refractivity contribution in [2.24, 2.45) is 0 Å². The van der Waals surface area contributed by atoms with Crippen molar-refractivity contribution in [1.82, 2.24) is 5.32 Å². The van der Waals surface area contributed by atoms with Crippen LogP contribution in [0.4, 0.5) is 5.69 Å². The van der Waals surface area contributed by atoms with E-state index in [1.165, 1.54) is 30.3 Å². The summed E-state index contributed by atoms with van der Waals surface area (Å²) in [4.78, 5) is 12.8. The van der Waals surface area contributed by atoms with Gasteiger partial charge in [-0.15, -0.1) is 0 Å². The third-order valence-corrected chi connectivity index (χ3v) is 6.90. The van der Waals surface area contributed by atoms with Crippen molar-refractivity contribution in [3.8, 4) is 5.75 Å². The second kappa shape index (κ2) is 10.3. The highest BCUT2D eigenvalue weighted by atomic mass is 35.5. The topological polar surface area (TPSA) is 75.7 Å². The van der Waals surface area contributed by atoms with Crippen molar-refractivity contribution in [3.05, 3.63) is 87.9 Å². The summed E-state index contributed by atoms with van der Waals surface area (Å²) in [6.07, 6.45) is 0. The monoisotopic (exact) mass is 492 g/mol. The van der Waals surface area contributed by atoms with E-state index >= 15 is 0 Å². The average Bonchev–Trinajstić information content (AvgIpc) is 2.76. The van der Waals surface area contributed by atoms with Crippen molar-refractivity contribution in [3.63, 3.8) is 0 Å². The first kappa shape index (κ1) is 23.9. The van der Waals surface area contributed by atoms with E-state index in [2.05, 4.69) is 5.32 Å². The molecule has 32 heavy (non-hydrogen) atoms. The van der Waals surface area contributed by atoms with Crippen LogP contribution in [-0.2, 0) is 21.4 Å². The first-order valence-electron chi connectivity index (χ1n) is 9.64. The number of hydrogen-bond acceptors (Lipinski definition) is 4. The van der Waals surface area contributed by atoms with E-state index in [9.17, 15) is 13.2 Å². The van der Waals surface area contributed by atoms with Gasteiger partial charge in [0.05, 0.1) is 17.7 Å². The Morgan fingerprint density at radius 1 is 0.969 bits per heavy atom. The number of rotatable bonds is 8. The molecule has 0 fully saturated rings. The number of nitrogens with zero attached hydrogens (tertiary/aromatic N) is 1. The fourth-order valence-electron chi connectivity index (χ4n) is 2.97. The van der Waals surface area contributed by atoms with Gasteiger partial charge in [0.1, 0.15) is 12.3 Å². The van der Waals surface area contributed by atoms with Crippen LogP contribution in [0.2, 0.25) is 10.0 Å². The van der Waals surface area contributed by atoms with Crippen LogP contribution in [0.25, 0.3) is 0 Å². The van der Waals surface area contributed by atoms with Gasteiger partial charge >= 0.3 is 0 Å². The lowest BCUT2D eigenvalue weighted by molar-refractivity contribution is -0.119. The van der Waals surface area contributed by atoms with Crippen LogP contribution in [0.5, 0.6) is 5.75 Å². The Balaban J connectivity index is 1.86. The number of anilines is 1. The molecule has 1 N–H and O–H groups in total. The molecule has 0 saturated heterocycles. The van der Waals surface area contributed by atoms with Gasteiger partial charge in [-0.25, -0.2) is 8.42 Å². The normalized spacial score (nSPS) is 11.1. The first-order chi connectivity index (χ1) is 15.2. The maximum absolute atomic E-state index is 13.4. The number of amides is 1. The molecule has 0 aliphatic heterocycles. The molecular formula is C23H22Cl2N2O4S. The molecule has 6 nitrogen and oxygen atoms in total. The Bertz CT molecular complexity index is 1180. The highest BCUT2D eigenvalue weighted by molar-refractivity contribution is 7.92. The molecule has 0 aliphatic rings. The SMILES string of the molecule is COc1ccc(CNC(=O)CN(c2cc(Cl)cc(Cl)c2)S(=O)(=O)c2ccc(C)cc2)cc1. The predicted molar refractivity (Wildman–Crippen MR) is 127 cm³/mol. The van der Waals surface area contributed by atoms with E-state index in [1.807, 2.05) is 19.1 Å². The van der Waals surface area contributed by atoms with Gasteiger partial charge in [-0.05, 0) is 55.0 Å². The number of methoxy groups -OCH3 is 1. The molecule has 0 heterocycles. The van der Waals surface area contributed by atoms with Crippen molar-refractivity contribution in [2.75, 3.05) is 18.0 Å². The highest BCUT2D eigenvalue weighted by Crippen LogP contribution is 2.29. The van der Waals surface area contributed by atoms with Crippen LogP contribution in [0, 0.1) is 6.92 Å². The summed E-state index contributed by atoms with van der Waals surface area (Å²) in [6, 6.07) is 18.0. The standard InChI is InChI=1S/C23H22Cl2N2O4S/c1-16-3-9-22(10-4-16)32(29,30)27(20-12-18(24)11-19(25)13-20)15-23(28)26-14-17-5-7-21(31-2)8-6-17/h3-13H,14-15H2,1-2H3,(H,26,28). The molecule has 0 aromatic heterocycles. The highest BCUT2D eigenvalue weighted by Gasteiger charge is 2.27. The zero-order valence-electron chi connectivity index (χ0n) is 17.5. The fourth-order valence-corrected chi connectivity index (χ4v) is 4.89. The Morgan fingerprint density at radius 2 is 1.56 bits per heavy atom. The number of hydrogen-bond donors (Lipinski definition) is 1. The van der Waals surface area contributed by atoms with Crippen molar-refractivity contribution < 1.29 is 17.9 Å². The predicted octanol–water partition coefficient (Wildman–Crippen LogP) is 4.82. The summed E-state index contributed by atoms with van der Waals surface area (Å²) in [7, 11) is -2.48. The number of carbonyl (C=O) groups is 1. The Kier molecular flexibility index (Phi) is 7.66. The van der Waals surface area contributed by atoms with E-state index in [1.54, 1.807) is 31.4 Å². The zero-order chi connectivity index (χ0) is 23.3. The molecule has 168 valence electrons. The summed E-state index contributed by atoms with van der Waals surface area (Å²) in [6.45, 7) is 1.65. The van der Waals surface area contributed by atoms with Gasteiger partial charge in [0.2, 0.25) is 5.91 Å². The third-order valence-electron chi connectivity index (χ3n) is 4.68. The molecule has 0 spiro atoms. The van der Waals surface area contributed by atoms with Gasteiger partial charge in [0, 0.05) is 16.6 Å². The second-order valence-electron chi connectivity index (χ2n) is 7.08. The molecule has 3 aromatic carbocycles. The third kappa shape index (κ3) is 5.94. The summed E-state index contributed by atoms with van der Waals surface area (Å²) < 4.78 is 32.9. The minimum atomic E-state index is -4.05. The molecule has 9 heteroatoms. The van der Waals surface area contributed by atoms with Crippen molar-refractivity contribution in [2.45, 2.75) is 18.4 Å². The Labute approximate surface area is 197 Å². The van der Waals surface area contributed by atoms with Crippen molar-refractivity contribution in [1.29, 1.82) is 0 Å². The number of aryl methyl sites for hydroxylation is 1. The lowest BCUT2D eigenvalue weighted by Gasteiger charge is -2.24. The van der Waals surface area contributed by atoms with Crippen LogP contribution >= 0.6 is 23.2 Å². The summed E-state index contributed by atoms with van der Waals surface area (Å²) >= 11 is 12.2. The first-order valence-corrected chi connectivity index (χ1v) is 11.8. The lowest BCUT2D eigenvalue weighted by Crippen LogP contribution is -2.40. The lowest BCUT2D eigenvalue weighted by atomic mass is 10.2. The molecule has 0 aliphatic carbocycles. The largest absolute Gasteiger partial charge is 0.497 e. The minimum absolute atomic E-state index is 0.0575. The van der Waals surface area contributed by atoms with Crippen molar-refractivity contribution >= 4 is 44.8 Å². The Morgan fingerprint density at radius 3 is 2.12 bits per heavy atom. The van der Waals surface area contributed by atoms with E-state index in [0.29, 0.717) is 5.75 Å². The van der Waals surface area contributed by atoms with Crippen LogP contribution in [0.1, 0.15) is 11.1 Å². The quantitative estimate of drug-likeness (QED) is 0.488. The van der Waals surface area contributed by atoms with Crippen LogP contribution in [0.3, 0.4) is 0 Å². The molecule has 0 saturated carbocycles. The average molecular weight is 493 g/mol. The summed E-state index contributed by atoms with van der Waals surface area (Å²) in [5, 5.41) is 3.27. The van der Waals surface area contributed by atoms with E-state index in [4.69, 9.17) is 27.9 Å². The Hall–Kier alpha value is -2.74. The summed E-state index contributed by atoms with van der Waals surface area (Å²) in [5.74, 6) is 0.223. The van der Waals surface area contributed by atoms with Crippen LogP contribution < -0.4 is 14.4 Å². The molecule has 0 unspecified atom stereocenters. The molecule has 0 atom stereocenters. The second-order valence-corrected chi connectivity index (χ2v) is 9.81. The maximum Gasteiger partial charge on any atom is 0.264 e. The molecule has 3 aromatic rings. The summed E-state index contributed by atoms with van der Waals surface area (Å²) in [5.41, 5.74) is 1.96. The van der Waals surface area contributed by atoms with E-state index < -0.39 is 22.5 Å². The molecule has 0 radical (unpaired) electrons. The number of halogens is 2. The van der Waals surface area contributed by atoms with Crippen LogP contribution in [0.15, 0.2) is 71.6 Å². The number of carbonyl (C=O) groups excluding carboxylic acids is 1. The van der Waals surface area contributed by atoms with Gasteiger partial charge in [-0.1, -0.05) is 53.0 Å². The van der Waals surface area contributed by atoms with Gasteiger partial charge in [0.25, 0.3) is 10.0 Å². The number of benzene rings is 3. The number of nitrogens with one attached hydrogen (secondary N) is 1. The molecular weight excluding hydrogens is 471 g/mol. The number of sulfonamides is 1. The maximum atomic E-state index is 13.4. The van der Waals surface area contributed by atoms with E-state index in [0.717, 1.165) is 15.4 Å². The minimum Gasteiger partial charge on any atom is -0.497 e. The molecule has 0 bridgehead atoms. The molecule has 1 amide bonds. The molecule has 3 rings (SSSR count). The van der Waals surface area contributed by atoms with Crippen LogP contribution in [-0.4, -0.2) is 28.0 Å².